The lowest BCUT2D eigenvalue weighted by molar-refractivity contribution is -0.152. The Balaban J connectivity index is 2.05. The van der Waals surface area contributed by atoms with Gasteiger partial charge in [0.05, 0.1) is 24.5 Å². The van der Waals surface area contributed by atoms with Crippen LogP contribution in [-0.2, 0) is 23.7 Å². The van der Waals surface area contributed by atoms with E-state index in [0.717, 1.165) is 6.07 Å². The van der Waals surface area contributed by atoms with Gasteiger partial charge in [0.15, 0.2) is 5.60 Å². The largest absolute Gasteiger partial charge is 0.552 e. The maximum absolute atomic E-state index is 13.4. The van der Waals surface area contributed by atoms with Crippen LogP contribution in [0.25, 0.3) is 0 Å². The molecule has 1 aliphatic rings. The molecule has 1 aromatic rings. The summed E-state index contributed by atoms with van der Waals surface area (Å²) in [6.45, 7) is 4.99. The fourth-order valence-corrected chi connectivity index (χ4v) is 3.74. The Morgan fingerprint density at radius 1 is 1.31 bits per heavy atom. The number of aliphatic carboxylic acids is 1. The number of carbonyl (C=O) groups excluding carboxylic acids is 3. The number of benzene rings is 1. The standard InChI is InChI=1S/C20H25BBrFN2O7/c1-4-20(9-17(27)28)19(30)31-21(32-20)15(7-11(2)3)25-16(26)10-24-18(29)13-8-12(23)5-6-14(13)22/h5-6,8,11,15H,4,7,9-10H2,1-3H3,(H,24,29)(H,25,26)(H,27,28)/t15-,20?/m0/s1. The Bertz CT molecular complexity index is 901. The summed E-state index contributed by atoms with van der Waals surface area (Å²) in [6, 6.07) is 3.61. The summed E-state index contributed by atoms with van der Waals surface area (Å²) in [7, 11) is -1.17. The molecular weight excluding hydrogens is 490 g/mol. The van der Waals surface area contributed by atoms with Gasteiger partial charge in [-0.05, 0) is 52.9 Å². The van der Waals surface area contributed by atoms with Crippen LogP contribution in [0.4, 0.5) is 4.39 Å². The second-order valence-electron chi connectivity index (χ2n) is 7.92. The number of nitrogens with one attached hydrogen (secondary N) is 2. The average molecular weight is 515 g/mol. The van der Waals surface area contributed by atoms with E-state index in [9.17, 15) is 23.6 Å². The van der Waals surface area contributed by atoms with Crippen molar-refractivity contribution in [2.24, 2.45) is 5.92 Å². The smallest absolute Gasteiger partial charge is 0.506 e. The molecule has 3 N–H and O–H groups in total. The minimum absolute atomic E-state index is 0.0333. The second-order valence-corrected chi connectivity index (χ2v) is 8.77. The van der Waals surface area contributed by atoms with Gasteiger partial charge in [0, 0.05) is 4.47 Å². The molecule has 0 bridgehead atoms. The van der Waals surface area contributed by atoms with Crippen molar-refractivity contribution >= 4 is 46.8 Å². The number of hydrogen-bond donors (Lipinski definition) is 3. The zero-order valence-corrected chi connectivity index (χ0v) is 19.5. The number of hydrogen-bond acceptors (Lipinski definition) is 6. The van der Waals surface area contributed by atoms with Crippen molar-refractivity contribution in [1.29, 1.82) is 0 Å². The van der Waals surface area contributed by atoms with Crippen molar-refractivity contribution < 1.29 is 38.0 Å². The third-order valence-corrected chi connectivity index (χ3v) is 5.62. The fraction of sp³-hybridized carbons (Fsp3) is 0.500. The summed E-state index contributed by atoms with van der Waals surface area (Å²) in [5, 5.41) is 14.2. The van der Waals surface area contributed by atoms with E-state index in [1.165, 1.54) is 12.1 Å². The molecule has 1 aliphatic heterocycles. The Labute approximate surface area is 193 Å². The van der Waals surface area contributed by atoms with Crippen LogP contribution in [0.1, 0.15) is 50.4 Å². The number of rotatable bonds is 10. The van der Waals surface area contributed by atoms with Crippen LogP contribution < -0.4 is 10.6 Å². The van der Waals surface area contributed by atoms with E-state index in [0.29, 0.717) is 10.9 Å². The molecule has 1 aromatic carbocycles. The van der Waals surface area contributed by atoms with Gasteiger partial charge in [-0.15, -0.1) is 0 Å². The molecule has 174 valence electrons. The van der Waals surface area contributed by atoms with E-state index in [1.54, 1.807) is 6.92 Å². The van der Waals surface area contributed by atoms with Gasteiger partial charge in [-0.2, -0.15) is 0 Å². The van der Waals surface area contributed by atoms with Crippen LogP contribution in [-0.4, -0.2) is 54.1 Å². The van der Waals surface area contributed by atoms with Crippen molar-refractivity contribution in [2.45, 2.75) is 51.6 Å². The lowest BCUT2D eigenvalue weighted by Gasteiger charge is -2.24. The summed E-state index contributed by atoms with van der Waals surface area (Å²) in [5.74, 6) is -4.51. The molecule has 1 heterocycles. The first-order valence-electron chi connectivity index (χ1n) is 10.1. The van der Waals surface area contributed by atoms with Gasteiger partial charge in [0.2, 0.25) is 5.91 Å². The normalized spacial score (nSPS) is 18.9. The van der Waals surface area contributed by atoms with E-state index in [4.69, 9.17) is 14.4 Å². The molecule has 0 spiro atoms. The molecule has 2 amide bonds. The van der Waals surface area contributed by atoms with Gasteiger partial charge in [-0.25, -0.2) is 4.39 Å². The Hall–Kier alpha value is -2.47. The van der Waals surface area contributed by atoms with Crippen LogP contribution in [0.5, 0.6) is 0 Å². The van der Waals surface area contributed by atoms with Crippen molar-refractivity contribution in [1.82, 2.24) is 10.6 Å². The van der Waals surface area contributed by atoms with Gasteiger partial charge in [-0.1, -0.05) is 20.8 Å². The van der Waals surface area contributed by atoms with Crippen molar-refractivity contribution in [3.05, 3.63) is 34.1 Å². The molecule has 1 fully saturated rings. The lowest BCUT2D eigenvalue weighted by atomic mass is 9.74. The monoisotopic (exact) mass is 514 g/mol. The topological polar surface area (TPSA) is 131 Å². The molecule has 1 saturated heterocycles. The molecule has 1 unspecified atom stereocenters. The van der Waals surface area contributed by atoms with Crippen molar-refractivity contribution in [3.63, 3.8) is 0 Å². The minimum atomic E-state index is -1.62. The molecule has 12 heteroatoms. The average Bonchev–Trinajstić information content (AvgIpc) is 3.03. The highest BCUT2D eigenvalue weighted by molar-refractivity contribution is 9.10. The lowest BCUT2D eigenvalue weighted by Crippen LogP contribution is -2.51. The van der Waals surface area contributed by atoms with Gasteiger partial charge in [0.25, 0.3) is 5.91 Å². The number of halogens is 2. The van der Waals surface area contributed by atoms with Crippen LogP contribution in [0, 0.1) is 11.7 Å². The van der Waals surface area contributed by atoms with Gasteiger partial charge in [-0.3, -0.25) is 19.2 Å². The Morgan fingerprint density at radius 2 is 2.00 bits per heavy atom. The molecular formula is C20H25BBrFN2O7. The molecule has 0 aromatic heterocycles. The number of carboxylic acid groups (broad SMARTS) is 1. The van der Waals surface area contributed by atoms with Gasteiger partial charge < -0.3 is 25.0 Å². The number of amides is 2. The summed E-state index contributed by atoms with van der Waals surface area (Å²) in [6.07, 6.45) is -0.0881. The van der Waals surface area contributed by atoms with E-state index >= 15 is 0 Å². The highest BCUT2D eigenvalue weighted by Gasteiger charge is 2.55. The molecule has 0 aliphatic carbocycles. The third-order valence-electron chi connectivity index (χ3n) is 4.93. The maximum Gasteiger partial charge on any atom is 0.552 e. The third kappa shape index (κ3) is 6.52. The van der Waals surface area contributed by atoms with E-state index in [2.05, 4.69) is 26.6 Å². The first-order valence-corrected chi connectivity index (χ1v) is 10.9. The van der Waals surface area contributed by atoms with E-state index in [-0.39, 0.29) is 17.9 Å². The fourth-order valence-electron chi connectivity index (χ4n) is 3.31. The molecule has 0 radical (unpaired) electrons. The van der Waals surface area contributed by atoms with Crippen LogP contribution >= 0.6 is 15.9 Å². The highest BCUT2D eigenvalue weighted by Crippen LogP contribution is 2.32. The zero-order valence-electron chi connectivity index (χ0n) is 17.9. The predicted octanol–water partition coefficient (Wildman–Crippen LogP) is 2.07. The number of carbonyl (C=O) groups is 4. The molecule has 2 rings (SSSR count). The number of carboxylic acids is 1. The summed E-state index contributed by atoms with van der Waals surface area (Å²) in [5.41, 5.74) is -1.58. The maximum atomic E-state index is 13.4. The van der Waals surface area contributed by atoms with Crippen LogP contribution in [0.15, 0.2) is 22.7 Å². The second kappa shape index (κ2) is 10.9. The summed E-state index contributed by atoms with van der Waals surface area (Å²) >= 11 is 3.16. The van der Waals surface area contributed by atoms with E-state index < -0.39 is 61.2 Å². The molecule has 0 saturated carbocycles. The van der Waals surface area contributed by atoms with Gasteiger partial charge in [0.1, 0.15) is 5.82 Å². The van der Waals surface area contributed by atoms with Gasteiger partial charge >= 0.3 is 19.1 Å². The predicted molar refractivity (Wildman–Crippen MR) is 116 cm³/mol. The van der Waals surface area contributed by atoms with Crippen molar-refractivity contribution in [2.75, 3.05) is 6.54 Å². The molecule has 9 nitrogen and oxygen atoms in total. The quantitative estimate of drug-likeness (QED) is 0.407. The summed E-state index contributed by atoms with van der Waals surface area (Å²) < 4.78 is 24.8. The first kappa shape index (κ1) is 25.8. The SMILES string of the molecule is CCC1(CC(=O)O)OB([C@H](CC(C)C)NC(=O)CNC(=O)c2cc(F)ccc2Br)OC1=O. The molecule has 32 heavy (non-hydrogen) atoms. The Kier molecular flexibility index (Phi) is 8.79. The highest BCUT2D eigenvalue weighted by atomic mass is 79.9. The van der Waals surface area contributed by atoms with Crippen LogP contribution in [0.3, 0.4) is 0 Å². The minimum Gasteiger partial charge on any atom is -0.506 e. The Morgan fingerprint density at radius 3 is 2.59 bits per heavy atom. The first-order chi connectivity index (χ1) is 15.0. The van der Waals surface area contributed by atoms with E-state index in [1.807, 2.05) is 13.8 Å². The zero-order chi connectivity index (χ0) is 24.1. The molecule has 2 atom stereocenters. The van der Waals surface area contributed by atoms with Crippen LogP contribution in [0.2, 0.25) is 0 Å². The summed E-state index contributed by atoms with van der Waals surface area (Å²) in [4.78, 5) is 48.3. The van der Waals surface area contributed by atoms with Crippen molar-refractivity contribution in [3.8, 4) is 0 Å².